The summed E-state index contributed by atoms with van der Waals surface area (Å²) < 4.78 is 1.22. The van der Waals surface area contributed by atoms with Gasteiger partial charge in [0.15, 0.2) is 0 Å². The number of carboxylic acid groups (broad SMARTS) is 1. The van der Waals surface area contributed by atoms with Crippen molar-refractivity contribution in [2.75, 3.05) is 17.3 Å². The zero-order chi connectivity index (χ0) is 18.4. The van der Waals surface area contributed by atoms with Crippen LogP contribution >= 0.6 is 0 Å². The second kappa shape index (κ2) is 5.73. The molecule has 1 aliphatic heterocycles. The van der Waals surface area contributed by atoms with Gasteiger partial charge in [0.2, 0.25) is 5.91 Å². The first-order valence-electron chi connectivity index (χ1n) is 7.68. The van der Waals surface area contributed by atoms with Crippen LogP contribution in [0, 0.1) is 0 Å². The number of benzene rings is 1. The van der Waals surface area contributed by atoms with E-state index in [4.69, 9.17) is 5.11 Å². The Kier molecular flexibility index (Phi) is 3.82. The molecule has 0 bridgehead atoms. The summed E-state index contributed by atoms with van der Waals surface area (Å²) in [6, 6.07) is 5.12. The van der Waals surface area contributed by atoms with Crippen molar-refractivity contribution in [1.82, 2.24) is 9.78 Å². The average Bonchev–Trinajstić information content (AvgIpc) is 3.04. The lowest BCUT2D eigenvalue weighted by molar-refractivity contribution is -0.137. The van der Waals surface area contributed by atoms with Gasteiger partial charge in [-0.2, -0.15) is 5.10 Å². The summed E-state index contributed by atoms with van der Waals surface area (Å²) in [5.41, 5.74) is 1.72. The molecular formula is C17H18N4O4. The molecule has 25 heavy (non-hydrogen) atoms. The highest BCUT2D eigenvalue weighted by molar-refractivity contribution is 6.09. The number of likely N-dealkylation sites (N-methyl/N-ethyl adjacent to an activating group) is 1. The molecule has 1 aliphatic rings. The number of nitrogens with zero attached hydrogens (tertiary/aromatic N) is 3. The Morgan fingerprint density at radius 2 is 2.04 bits per heavy atom. The number of fused-ring (bicyclic) bond motifs is 1. The van der Waals surface area contributed by atoms with Crippen molar-refractivity contribution >= 4 is 29.2 Å². The standard InChI is InChI=1S/C17H18N4O4/c1-17(2)12-6-10(4-5-13(12)20(3)16(17)25)15(24)19-11-7-18-21(8-11)9-14(22)23/h4-8H,9H2,1-3H3,(H,19,24)(H,22,23). The molecule has 1 aromatic carbocycles. The van der Waals surface area contributed by atoms with E-state index in [1.807, 2.05) is 13.8 Å². The molecule has 3 rings (SSSR count). The number of carboxylic acids is 1. The van der Waals surface area contributed by atoms with Gasteiger partial charge in [-0.3, -0.25) is 19.1 Å². The van der Waals surface area contributed by atoms with Crippen molar-refractivity contribution in [1.29, 1.82) is 0 Å². The predicted octanol–water partition coefficient (Wildman–Crippen LogP) is 1.47. The smallest absolute Gasteiger partial charge is 0.325 e. The third-order valence-corrected chi connectivity index (χ3v) is 4.32. The van der Waals surface area contributed by atoms with E-state index in [2.05, 4.69) is 10.4 Å². The predicted molar refractivity (Wildman–Crippen MR) is 90.7 cm³/mol. The summed E-state index contributed by atoms with van der Waals surface area (Å²) in [5.74, 6) is -1.39. The molecule has 2 heterocycles. The van der Waals surface area contributed by atoms with Crippen molar-refractivity contribution in [3.63, 3.8) is 0 Å². The topological polar surface area (TPSA) is 105 Å². The van der Waals surface area contributed by atoms with E-state index >= 15 is 0 Å². The molecule has 0 saturated heterocycles. The quantitative estimate of drug-likeness (QED) is 0.875. The lowest BCUT2D eigenvalue weighted by Crippen LogP contribution is -2.33. The van der Waals surface area contributed by atoms with Crippen LogP contribution in [0.1, 0.15) is 29.8 Å². The summed E-state index contributed by atoms with van der Waals surface area (Å²) >= 11 is 0. The minimum absolute atomic E-state index is 0.0185. The van der Waals surface area contributed by atoms with Crippen LogP contribution in [0.25, 0.3) is 0 Å². The van der Waals surface area contributed by atoms with Crippen LogP contribution in [0.2, 0.25) is 0 Å². The highest BCUT2D eigenvalue weighted by atomic mass is 16.4. The summed E-state index contributed by atoms with van der Waals surface area (Å²) in [6.07, 6.45) is 2.83. The fourth-order valence-electron chi connectivity index (χ4n) is 2.97. The highest BCUT2D eigenvalue weighted by Gasteiger charge is 2.42. The molecule has 0 atom stereocenters. The van der Waals surface area contributed by atoms with Gasteiger partial charge in [0, 0.05) is 24.5 Å². The van der Waals surface area contributed by atoms with Crippen molar-refractivity contribution in [3.05, 3.63) is 41.7 Å². The first kappa shape index (κ1) is 16.7. The summed E-state index contributed by atoms with van der Waals surface area (Å²) in [5, 5.41) is 15.3. The maximum atomic E-state index is 12.5. The van der Waals surface area contributed by atoms with E-state index in [0.717, 1.165) is 11.3 Å². The fourth-order valence-corrected chi connectivity index (χ4v) is 2.97. The Hall–Kier alpha value is -3.16. The normalized spacial score (nSPS) is 15.2. The van der Waals surface area contributed by atoms with E-state index in [0.29, 0.717) is 11.3 Å². The van der Waals surface area contributed by atoms with E-state index in [1.165, 1.54) is 17.1 Å². The van der Waals surface area contributed by atoms with Gasteiger partial charge in [0.05, 0.1) is 17.3 Å². The number of anilines is 2. The molecule has 2 N–H and O–H groups in total. The molecule has 130 valence electrons. The highest BCUT2D eigenvalue weighted by Crippen LogP contribution is 2.41. The van der Waals surface area contributed by atoms with Crippen LogP contribution in [0.4, 0.5) is 11.4 Å². The second-order valence-electron chi connectivity index (χ2n) is 6.50. The van der Waals surface area contributed by atoms with Crippen molar-refractivity contribution < 1.29 is 19.5 Å². The Labute approximate surface area is 144 Å². The van der Waals surface area contributed by atoms with Gasteiger partial charge in [-0.25, -0.2) is 0 Å². The number of amides is 2. The number of carbonyl (C=O) groups excluding carboxylic acids is 2. The van der Waals surface area contributed by atoms with Gasteiger partial charge < -0.3 is 15.3 Å². The van der Waals surface area contributed by atoms with Crippen molar-refractivity contribution in [3.8, 4) is 0 Å². The Morgan fingerprint density at radius 1 is 1.32 bits per heavy atom. The molecule has 2 aromatic rings. The van der Waals surface area contributed by atoms with E-state index < -0.39 is 11.4 Å². The van der Waals surface area contributed by atoms with Crippen LogP contribution in [0.15, 0.2) is 30.6 Å². The average molecular weight is 342 g/mol. The van der Waals surface area contributed by atoms with Gasteiger partial charge in [0.25, 0.3) is 5.91 Å². The molecule has 8 nitrogen and oxygen atoms in total. The number of hydrogen-bond donors (Lipinski definition) is 2. The monoisotopic (exact) mass is 342 g/mol. The minimum Gasteiger partial charge on any atom is -0.480 e. The Balaban J connectivity index is 1.83. The molecule has 0 radical (unpaired) electrons. The molecular weight excluding hydrogens is 324 g/mol. The number of aromatic nitrogens is 2. The largest absolute Gasteiger partial charge is 0.480 e. The Bertz CT molecular complexity index is 885. The van der Waals surface area contributed by atoms with Gasteiger partial charge in [-0.1, -0.05) is 0 Å². The van der Waals surface area contributed by atoms with Crippen molar-refractivity contribution in [2.45, 2.75) is 25.8 Å². The van der Waals surface area contributed by atoms with Gasteiger partial charge >= 0.3 is 5.97 Å². The maximum absolute atomic E-state index is 12.5. The molecule has 0 fully saturated rings. The summed E-state index contributed by atoms with van der Waals surface area (Å²) in [7, 11) is 1.71. The minimum atomic E-state index is -1.02. The van der Waals surface area contributed by atoms with Gasteiger partial charge in [-0.15, -0.1) is 0 Å². The van der Waals surface area contributed by atoms with E-state index in [-0.39, 0.29) is 18.4 Å². The number of nitrogens with one attached hydrogen (secondary N) is 1. The number of hydrogen-bond acceptors (Lipinski definition) is 4. The molecule has 0 unspecified atom stereocenters. The zero-order valence-electron chi connectivity index (χ0n) is 14.1. The molecule has 2 amide bonds. The maximum Gasteiger partial charge on any atom is 0.325 e. The van der Waals surface area contributed by atoms with Crippen LogP contribution in [0.3, 0.4) is 0 Å². The molecule has 8 heteroatoms. The second-order valence-corrected chi connectivity index (χ2v) is 6.50. The Morgan fingerprint density at radius 3 is 2.72 bits per heavy atom. The third kappa shape index (κ3) is 2.86. The molecule has 1 aromatic heterocycles. The van der Waals surface area contributed by atoms with E-state index in [9.17, 15) is 14.4 Å². The van der Waals surface area contributed by atoms with Crippen LogP contribution in [0.5, 0.6) is 0 Å². The summed E-state index contributed by atoms with van der Waals surface area (Å²) in [4.78, 5) is 37.0. The van der Waals surface area contributed by atoms with Crippen molar-refractivity contribution in [2.24, 2.45) is 0 Å². The lowest BCUT2D eigenvalue weighted by Gasteiger charge is -2.16. The van der Waals surface area contributed by atoms with Crippen LogP contribution in [-0.4, -0.2) is 39.7 Å². The first-order chi connectivity index (χ1) is 11.7. The third-order valence-electron chi connectivity index (χ3n) is 4.32. The number of carbonyl (C=O) groups is 3. The van der Waals surface area contributed by atoms with E-state index in [1.54, 1.807) is 30.1 Å². The zero-order valence-corrected chi connectivity index (χ0v) is 14.1. The fraction of sp³-hybridized carbons (Fsp3) is 0.294. The number of rotatable bonds is 4. The lowest BCUT2D eigenvalue weighted by atomic mass is 9.85. The van der Waals surface area contributed by atoms with Gasteiger partial charge in [-0.05, 0) is 37.6 Å². The van der Waals surface area contributed by atoms with Gasteiger partial charge in [0.1, 0.15) is 6.54 Å². The SMILES string of the molecule is CN1C(=O)C(C)(C)c2cc(C(=O)Nc3cnn(CC(=O)O)c3)ccc21. The molecule has 0 aliphatic carbocycles. The molecule has 0 saturated carbocycles. The summed E-state index contributed by atoms with van der Waals surface area (Å²) in [6.45, 7) is 3.38. The van der Waals surface area contributed by atoms with Crippen LogP contribution < -0.4 is 10.2 Å². The number of aliphatic carboxylic acids is 1. The first-order valence-corrected chi connectivity index (χ1v) is 7.68. The van der Waals surface area contributed by atoms with Crippen LogP contribution in [-0.2, 0) is 21.5 Å². The molecule has 0 spiro atoms.